The van der Waals surface area contributed by atoms with E-state index in [9.17, 15) is 0 Å². The Morgan fingerprint density at radius 3 is 1.56 bits per heavy atom. The topological polar surface area (TPSA) is 3.24 Å². The summed E-state index contributed by atoms with van der Waals surface area (Å²) < 4.78 is 5.13. The van der Waals surface area contributed by atoms with Gasteiger partial charge in [-0.1, -0.05) is 176 Å². The third-order valence-corrected chi connectivity index (χ3v) is 15.6. The van der Waals surface area contributed by atoms with Crippen LogP contribution >= 0.6 is 22.7 Å². The molecule has 0 amide bonds. The summed E-state index contributed by atoms with van der Waals surface area (Å²) in [7, 11) is 0. The summed E-state index contributed by atoms with van der Waals surface area (Å²) >= 11 is 3.75. The summed E-state index contributed by atoms with van der Waals surface area (Å²) in [6, 6.07) is 87.9. The summed E-state index contributed by atoms with van der Waals surface area (Å²) in [4.78, 5) is 2.53. The van der Waals surface area contributed by atoms with Gasteiger partial charge in [0.25, 0.3) is 0 Å². The van der Waals surface area contributed by atoms with Crippen LogP contribution in [-0.2, 0) is 5.41 Å². The molecule has 1 aliphatic carbocycles. The van der Waals surface area contributed by atoms with E-state index in [-0.39, 0.29) is 0 Å². The van der Waals surface area contributed by atoms with Gasteiger partial charge >= 0.3 is 0 Å². The van der Waals surface area contributed by atoms with Gasteiger partial charge in [0.1, 0.15) is 0 Å². The number of benzene rings is 10. The standard InChI is InChI=1S/C61H39NS2/c1-4-17-40(18-5-1)42-33-35-55-50(37-42)60-54(30-16-32-58(60)64-55)62(46-34-36-56-51(39-46)59-47(27-15-31-57(59)63-56)41-19-6-2-7-20-41)45-24-14-23-44(38-45)61(43-21-8-3-9-22-43)52-28-12-10-25-48(52)49-26-11-13-29-53(49)61/h1-39H. The Labute approximate surface area is 380 Å². The van der Waals surface area contributed by atoms with Gasteiger partial charge in [-0.25, -0.2) is 0 Å². The smallest absolute Gasteiger partial charge is 0.0714 e. The Morgan fingerprint density at radius 1 is 0.312 bits per heavy atom. The number of rotatable bonds is 7. The van der Waals surface area contributed by atoms with Gasteiger partial charge in [-0.2, -0.15) is 0 Å². The van der Waals surface area contributed by atoms with Crippen LogP contribution in [0, 0.1) is 0 Å². The quantitative estimate of drug-likeness (QED) is 0.154. The average molecular weight is 850 g/mol. The van der Waals surface area contributed by atoms with Crippen LogP contribution in [0.3, 0.4) is 0 Å². The first-order valence-corrected chi connectivity index (χ1v) is 23.5. The van der Waals surface area contributed by atoms with Gasteiger partial charge in [0.05, 0.1) is 11.1 Å². The molecule has 0 spiro atoms. The van der Waals surface area contributed by atoms with Crippen LogP contribution in [0.25, 0.3) is 73.7 Å². The van der Waals surface area contributed by atoms with Gasteiger partial charge in [0.2, 0.25) is 0 Å². The molecular formula is C61H39NS2. The second-order valence-corrected chi connectivity index (χ2v) is 18.9. The highest BCUT2D eigenvalue weighted by molar-refractivity contribution is 7.26. The summed E-state index contributed by atoms with van der Waals surface area (Å²) in [5, 5.41) is 5.11. The van der Waals surface area contributed by atoms with Gasteiger partial charge in [-0.05, 0) is 116 Å². The van der Waals surface area contributed by atoms with Crippen molar-refractivity contribution in [3.8, 4) is 33.4 Å². The van der Waals surface area contributed by atoms with Gasteiger partial charge in [0, 0.05) is 51.7 Å². The van der Waals surface area contributed by atoms with Crippen LogP contribution in [0.15, 0.2) is 237 Å². The molecule has 1 aliphatic rings. The fourth-order valence-corrected chi connectivity index (χ4v) is 12.9. The summed E-state index contributed by atoms with van der Waals surface area (Å²) in [6.45, 7) is 0. The number of hydrogen-bond donors (Lipinski definition) is 0. The molecule has 0 atom stereocenters. The van der Waals surface area contributed by atoms with Gasteiger partial charge < -0.3 is 4.90 Å². The Balaban J connectivity index is 1.10. The van der Waals surface area contributed by atoms with E-state index in [1.807, 2.05) is 22.7 Å². The van der Waals surface area contributed by atoms with Crippen molar-refractivity contribution in [2.24, 2.45) is 0 Å². The van der Waals surface area contributed by atoms with Crippen LogP contribution in [0.5, 0.6) is 0 Å². The van der Waals surface area contributed by atoms with Crippen molar-refractivity contribution in [3.05, 3.63) is 259 Å². The Morgan fingerprint density at radius 2 is 0.844 bits per heavy atom. The van der Waals surface area contributed by atoms with Crippen molar-refractivity contribution in [1.82, 2.24) is 0 Å². The van der Waals surface area contributed by atoms with E-state index in [0.717, 1.165) is 17.1 Å². The van der Waals surface area contributed by atoms with Crippen LogP contribution in [-0.4, -0.2) is 0 Å². The highest BCUT2D eigenvalue weighted by atomic mass is 32.1. The van der Waals surface area contributed by atoms with Crippen molar-refractivity contribution in [1.29, 1.82) is 0 Å². The second-order valence-electron chi connectivity index (χ2n) is 16.7. The molecule has 2 aromatic heterocycles. The molecule has 300 valence electrons. The fourth-order valence-electron chi connectivity index (χ4n) is 10.6. The normalized spacial score (nSPS) is 12.8. The molecule has 0 aliphatic heterocycles. The molecule has 0 saturated heterocycles. The number of nitrogens with zero attached hydrogens (tertiary/aromatic N) is 1. The lowest BCUT2D eigenvalue weighted by Gasteiger charge is -2.35. The maximum Gasteiger partial charge on any atom is 0.0714 e. The van der Waals surface area contributed by atoms with Gasteiger partial charge in [0.15, 0.2) is 0 Å². The Bertz CT molecular complexity index is 3690. The third-order valence-electron chi connectivity index (χ3n) is 13.3. The second kappa shape index (κ2) is 14.8. The fraction of sp³-hybridized carbons (Fsp3) is 0.0164. The van der Waals surface area contributed by atoms with E-state index >= 15 is 0 Å². The molecule has 0 bridgehead atoms. The molecule has 13 rings (SSSR count). The Kier molecular flexibility index (Phi) is 8.55. The largest absolute Gasteiger partial charge is 0.310 e. The molecular weight excluding hydrogens is 811 g/mol. The van der Waals surface area contributed by atoms with Crippen molar-refractivity contribution < 1.29 is 0 Å². The van der Waals surface area contributed by atoms with E-state index in [2.05, 4.69) is 241 Å². The molecule has 10 aromatic carbocycles. The minimum Gasteiger partial charge on any atom is -0.310 e. The zero-order valence-electron chi connectivity index (χ0n) is 34.8. The number of fused-ring (bicyclic) bond motifs is 9. The maximum absolute atomic E-state index is 2.53. The van der Waals surface area contributed by atoms with E-state index in [1.165, 1.54) is 96.0 Å². The lowest BCUT2D eigenvalue weighted by molar-refractivity contribution is 0.768. The highest BCUT2D eigenvalue weighted by Crippen LogP contribution is 2.57. The summed E-state index contributed by atoms with van der Waals surface area (Å²) in [5.41, 5.74) is 15.5. The van der Waals surface area contributed by atoms with Gasteiger partial charge in [-0.3, -0.25) is 0 Å². The zero-order chi connectivity index (χ0) is 42.2. The number of thiophene rings is 2. The molecule has 12 aromatic rings. The SMILES string of the molecule is c1ccc(-c2ccc3sc4cccc(N(c5cccc(C6(c7ccccc7)c7ccccc7-c7ccccc76)c5)c5ccc6sc7cccc(-c8ccccc8)c7c6c5)c4c3c2)cc1. The van der Waals surface area contributed by atoms with Crippen LogP contribution in [0.1, 0.15) is 22.3 Å². The monoisotopic (exact) mass is 849 g/mol. The van der Waals surface area contributed by atoms with Crippen molar-refractivity contribution in [2.45, 2.75) is 5.41 Å². The molecule has 0 radical (unpaired) electrons. The molecule has 1 nitrogen and oxygen atoms in total. The molecule has 64 heavy (non-hydrogen) atoms. The van der Waals surface area contributed by atoms with E-state index < -0.39 is 5.41 Å². The molecule has 3 heteroatoms. The van der Waals surface area contributed by atoms with Crippen LogP contribution < -0.4 is 4.90 Å². The van der Waals surface area contributed by atoms with E-state index in [4.69, 9.17) is 0 Å². The number of anilines is 3. The van der Waals surface area contributed by atoms with Gasteiger partial charge in [-0.15, -0.1) is 22.7 Å². The predicted molar refractivity (Wildman–Crippen MR) is 275 cm³/mol. The van der Waals surface area contributed by atoms with Crippen LogP contribution in [0.4, 0.5) is 17.1 Å². The van der Waals surface area contributed by atoms with Crippen molar-refractivity contribution in [3.63, 3.8) is 0 Å². The third kappa shape index (κ3) is 5.61. The first kappa shape index (κ1) is 37.0. The minimum absolute atomic E-state index is 0.528. The maximum atomic E-state index is 2.53. The predicted octanol–water partition coefficient (Wildman–Crippen LogP) is 17.6. The first-order valence-electron chi connectivity index (χ1n) is 21.9. The first-order chi connectivity index (χ1) is 31.7. The molecule has 0 saturated carbocycles. The Hall–Kier alpha value is -7.56. The highest BCUT2D eigenvalue weighted by Gasteiger charge is 2.46. The summed E-state index contributed by atoms with van der Waals surface area (Å²) in [6.07, 6.45) is 0. The lowest BCUT2D eigenvalue weighted by atomic mass is 9.67. The zero-order valence-corrected chi connectivity index (χ0v) is 36.4. The lowest BCUT2D eigenvalue weighted by Crippen LogP contribution is -2.28. The molecule has 0 N–H and O–H groups in total. The van der Waals surface area contributed by atoms with Crippen molar-refractivity contribution >= 4 is 80.1 Å². The number of hydrogen-bond acceptors (Lipinski definition) is 3. The minimum atomic E-state index is -0.528. The van der Waals surface area contributed by atoms with Crippen molar-refractivity contribution in [2.75, 3.05) is 4.90 Å². The van der Waals surface area contributed by atoms with E-state index in [0.29, 0.717) is 0 Å². The summed E-state index contributed by atoms with van der Waals surface area (Å²) in [5.74, 6) is 0. The molecule has 0 fully saturated rings. The molecule has 2 heterocycles. The van der Waals surface area contributed by atoms with E-state index in [1.54, 1.807) is 0 Å². The molecule has 0 unspecified atom stereocenters. The average Bonchev–Trinajstić information content (AvgIpc) is 4.03. The van der Waals surface area contributed by atoms with Crippen LogP contribution in [0.2, 0.25) is 0 Å².